The summed E-state index contributed by atoms with van der Waals surface area (Å²) in [6.07, 6.45) is 9.43. The summed E-state index contributed by atoms with van der Waals surface area (Å²) in [6, 6.07) is 0. The van der Waals surface area contributed by atoms with Crippen LogP contribution in [0, 0.1) is 0 Å². The van der Waals surface area contributed by atoms with Crippen LogP contribution in [-0.2, 0) is 14.9 Å². The van der Waals surface area contributed by atoms with E-state index in [4.69, 9.17) is 4.55 Å². The van der Waals surface area contributed by atoms with E-state index in [2.05, 4.69) is 19.1 Å². The van der Waals surface area contributed by atoms with E-state index in [1.54, 1.807) is 9.48 Å². The highest BCUT2D eigenvalue weighted by atomic mass is 32.2. The third-order valence-corrected chi connectivity index (χ3v) is 5.40. The number of unbranched alkanes of at least 4 members (excludes halogenated alkanes) is 4. The highest BCUT2D eigenvalue weighted by Crippen LogP contribution is 2.10. The van der Waals surface area contributed by atoms with E-state index < -0.39 is 22.0 Å². The van der Waals surface area contributed by atoms with Crippen molar-refractivity contribution in [1.82, 2.24) is 4.90 Å². The number of amidine groups is 1. The molecule has 9 heteroatoms. The molecule has 0 spiro atoms. The monoisotopic (exact) mass is 419 g/mol. The third-order valence-electron chi connectivity index (χ3n) is 4.59. The average molecular weight is 420 g/mol. The lowest BCUT2D eigenvalue weighted by Crippen LogP contribution is -2.40. The minimum Gasteiger partial charge on any atom is -0.392 e. The first-order chi connectivity index (χ1) is 13.3. The van der Waals surface area contributed by atoms with Crippen molar-refractivity contribution in [2.45, 2.75) is 58.0 Å². The Balaban J connectivity index is 2.61. The molecule has 1 rings (SSSR count). The molecule has 1 aliphatic rings. The van der Waals surface area contributed by atoms with Crippen molar-refractivity contribution in [3.05, 3.63) is 12.2 Å². The highest BCUT2D eigenvalue weighted by Gasteiger charge is 2.36. The molecule has 8 nitrogen and oxygen atoms in total. The van der Waals surface area contributed by atoms with Crippen LogP contribution in [0.15, 0.2) is 12.2 Å². The average Bonchev–Trinajstić information content (AvgIpc) is 2.98. The van der Waals surface area contributed by atoms with Crippen LogP contribution in [0.1, 0.15) is 51.9 Å². The van der Waals surface area contributed by atoms with Gasteiger partial charge in [0.1, 0.15) is 38.0 Å². The molecule has 0 aromatic rings. The molecule has 0 saturated heterocycles. The molecule has 162 valence electrons. The van der Waals surface area contributed by atoms with Crippen LogP contribution in [0.3, 0.4) is 0 Å². The van der Waals surface area contributed by atoms with Gasteiger partial charge in [0.15, 0.2) is 0 Å². The summed E-state index contributed by atoms with van der Waals surface area (Å²) in [5.74, 6) is -0.408. The Kier molecular flexibility index (Phi) is 11.5. The maximum absolute atomic E-state index is 12.7. The zero-order chi connectivity index (χ0) is 21.0. The SMILES string of the molecule is CCC/C=C/CCCCCC(=O)C1=[N+](CC(O)CS(=O)(=O)O)CCN1CCO. The van der Waals surface area contributed by atoms with E-state index >= 15 is 0 Å². The molecule has 1 heterocycles. The maximum Gasteiger partial charge on any atom is 0.316 e. The molecule has 0 radical (unpaired) electrons. The van der Waals surface area contributed by atoms with Crippen molar-refractivity contribution in [2.75, 3.05) is 38.5 Å². The van der Waals surface area contributed by atoms with Gasteiger partial charge in [0, 0.05) is 6.42 Å². The van der Waals surface area contributed by atoms with Gasteiger partial charge < -0.3 is 10.2 Å². The minimum atomic E-state index is -4.29. The van der Waals surface area contributed by atoms with Crippen LogP contribution in [0.2, 0.25) is 0 Å². The number of allylic oxidation sites excluding steroid dienone is 2. The normalized spacial score (nSPS) is 16.4. The van der Waals surface area contributed by atoms with Crippen LogP contribution in [0.4, 0.5) is 0 Å². The molecule has 1 atom stereocenters. The summed E-state index contributed by atoms with van der Waals surface area (Å²) >= 11 is 0. The summed E-state index contributed by atoms with van der Waals surface area (Å²) in [5, 5.41) is 19.1. The first-order valence-electron chi connectivity index (χ1n) is 10.1. The number of carbonyl (C=O) groups excluding carboxylic acids is 1. The predicted molar refractivity (Wildman–Crippen MR) is 108 cm³/mol. The fraction of sp³-hybridized carbons (Fsp3) is 0.789. The fourth-order valence-corrected chi connectivity index (χ4v) is 3.90. The predicted octanol–water partition coefficient (Wildman–Crippen LogP) is 0.830. The quantitative estimate of drug-likeness (QED) is 0.156. The fourth-order valence-electron chi connectivity index (χ4n) is 3.31. The second kappa shape index (κ2) is 13.0. The largest absolute Gasteiger partial charge is 0.392 e. The molecule has 0 aliphatic carbocycles. The van der Waals surface area contributed by atoms with Crippen LogP contribution >= 0.6 is 0 Å². The third kappa shape index (κ3) is 9.77. The van der Waals surface area contributed by atoms with Gasteiger partial charge >= 0.3 is 5.84 Å². The van der Waals surface area contributed by atoms with Crippen molar-refractivity contribution in [3.63, 3.8) is 0 Å². The van der Waals surface area contributed by atoms with E-state index in [-0.39, 0.29) is 18.9 Å². The molecule has 0 aromatic carbocycles. The summed E-state index contributed by atoms with van der Waals surface area (Å²) in [6.45, 7) is 3.30. The Bertz CT molecular complexity index is 645. The van der Waals surface area contributed by atoms with Gasteiger partial charge in [-0.1, -0.05) is 31.9 Å². The van der Waals surface area contributed by atoms with Crippen LogP contribution in [0.5, 0.6) is 0 Å². The van der Waals surface area contributed by atoms with Gasteiger partial charge in [-0.2, -0.15) is 8.42 Å². The molecule has 1 unspecified atom stereocenters. The smallest absolute Gasteiger partial charge is 0.316 e. The molecule has 0 amide bonds. The molecule has 0 fully saturated rings. The van der Waals surface area contributed by atoms with Crippen molar-refractivity contribution in [2.24, 2.45) is 0 Å². The van der Waals surface area contributed by atoms with E-state index in [0.29, 0.717) is 31.9 Å². The first kappa shape index (κ1) is 24.7. The molecule has 0 bridgehead atoms. The summed E-state index contributed by atoms with van der Waals surface area (Å²) in [7, 11) is -4.29. The zero-order valence-corrected chi connectivity index (χ0v) is 17.6. The molecule has 0 aromatic heterocycles. The summed E-state index contributed by atoms with van der Waals surface area (Å²) < 4.78 is 32.4. The lowest BCUT2D eigenvalue weighted by Gasteiger charge is -2.13. The van der Waals surface area contributed by atoms with Gasteiger partial charge in [0.2, 0.25) is 5.78 Å². The first-order valence-corrected chi connectivity index (χ1v) is 11.7. The summed E-state index contributed by atoms with van der Waals surface area (Å²) in [4.78, 5) is 14.5. The van der Waals surface area contributed by atoms with Crippen LogP contribution < -0.4 is 0 Å². The van der Waals surface area contributed by atoms with Gasteiger partial charge in [-0.3, -0.25) is 18.8 Å². The van der Waals surface area contributed by atoms with E-state index in [9.17, 15) is 23.4 Å². The Morgan fingerprint density at radius 1 is 1.25 bits per heavy atom. The van der Waals surface area contributed by atoms with E-state index in [1.807, 2.05) is 0 Å². The lowest BCUT2D eigenvalue weighted by atomic mass is 10.1. The number of nitrogens with zero attached hydrogens (tertiary/aromatic N) is 2. The lowest BCUT2D eigenvalue weighted by molar-refractivity contribution is -0.525. The zero-order valence-electron chi connectivity index (χ0n) is 16.8. The van der Waals surface area contributed by atoms with Crippen molar-refractivity contribution < 1.29 is 32.6 Å². The standard InChI is InChI=1S/C19H34N2O6S/c1-2-3-4-5-6-7-8-9-10-18(24)19-20(13-14-22)11-12-21(19)15-17(23)16-28(25,26)27/h4-5,17,22-23H,2-3,6-16H2,1H3/p+1/b5-4+. The minimum absolute atomic E-state index is 0.0506. The molecule has 3 N–H and O–H groups in total. The van der Waals surface area contributed by atoms with Gasteiger partial charge in [-0.15, -0.1) is 0 Å². The highest BCUT2D eigenvalue weighted by molar-refractivity contribution is 7.85. The van der Waals surface area contributed by atoms with Crippen LogP contribution in [-0.4, -0.2) is 88.9 Å². The number of aliphatic hydroxyl groups is 2. The Morgan fingerprint density at radius 2 is 1.96 bits per heavy atom. The maximum atomic E-state index is 12.7. The number of carbonyl (C=O) groups is 1. The molecule has 1 aliphatic heterocycles. The molecular formula is C19H35N2O6S+. The Hall–Kier alpha value is -1.29. The van der Waals surface area contributed by atoms with E-state index in [0.717, 1.165) is 38.5 Å². The van der Waals surface area contributed by atoms with E-state index in [1.165, 1.54) is 0 Å². The number of Topliss-reactive ketones (excluding diaryl/α,β-unsaturated/α-hetero) is 1. The molecule has 0 saturated carbocycles. The van der Waals surface area contributed by atoms with Crippen LogP contribution in [0.25, 0.3) is 0 Å². The number of rotatable bonds is 15. The van der Waals surface area contributed by atoms with Gasteiger partial charge in [0.05, 0.1) is 6.61 Å². The number of aliphatic hydroxyl groups excluding tert-OH is 2. The second-order valence-electron chi connectivity index (χ2n) is 7.17. The number of β-amino-alcohol motifs (C(OH)–C–C–N with tert-alkyl or cyclic N) is 2. The topological polar surface area (TPSA) is 118 Å². The van der Waals surface area contributed by atoms with Crippen molar-refractivity contribution >= 4 is 21.7 Å². The van der Waals surface area contributed by atoms with Crippen molar-refractivity contribution in [1.29, 1.82) is 0 Å². The number of ketones is 1. The van der Waals surface area contributed by atoms with Gasteiger partial charge in [-0.05, 0) is 25.7 Å². The number of hydrogen-bond donors (Lipinski definition) is 3. The van der Waals surface area contributed by atoms with Gasteiger partial charge in [-0.25, -0.2) is 0 Å². The molecule has 28 heavy (non-hydrogen) atoms. The van der Waals surface area contributed by atoms with Gasteiger partial charge in [0.25, 0.3) is 10.1 Å². The Morgan fingerprint density at radius 3 is 2.61 bits per heavy atom. The van der Waals surface area contributed by atoms with Crippen molar-refractivity contribution in [3.8, 4) is 0 Å². The summed E-state index contributed by atoms with van der Waals surface area (Å²) in [5.41, 5.74) is 0. The molecular weight excluding hydrogens is 384 g/mol. The Labute approximate surface area is 168 Å². The second-order valence-corrected chi connectivity index (χ2v) is 8.66. The number of hydrogen-bond acceptors (Lipinski definition) is 6.